The quantitative estimate of drug-likeness (QED) is 0.444. The first-order valence-electron chi connectivity index (χ1n) is 8.18. The van der Waals surface area contributed by atoms with Gasteiger partial charge in [-0.25, -0.2) is 13.2 Å². The van der Waals surface area contributed by atoms with Crippen LogP contribution in [0.2, 0.25) is 0 Å². The van der Waals surface area contributed by atoms with Gasteiger partial charge in [-0.05, 0) is 6.07 Å². The van der Waals surface area contributed by atoms with E-state index >= 15 is 0 Å². The van der Waals surface area contributed by atoms with Crippen molar-refractivity contribution in [3.05, 3.63) is 29.5 Å². The number of carbonyl (C=O) groups excluding carboxylic acids is 3. The summed E-state index contributed by atoms with van der Waals surface area (Å²) in [6.45, 7) is 0.827. The van der Waals surface area contributed by atoms with Crippen LogP contribution in [0, 0.1) is 0 Å². The van der Waals surface area contributed by atoms with Gasteiger partial charge in [-0.15, -0.1) is 0 Å². The molecular formula is C17H20N2O8S. The predicted molar refractivity (Wildman–Crippen MR) is 97.6 cm³/mol. The Morgan fingerprint density at radius 2 is 1.93 bits per heavy atom. The number of hydrogen-bond donors (Lipinski definition) is 2. The normalized spacial score (nSPS) is 14.1. The molecule has 2 rings (SSSR count). The molecule has 2 amide bonds. The Kier molecular flexibility index (Phi) is 6.41. The van der Waals surface area contributed by atoms with Crippen molar-refractivity contribution in [1.29, 1.82) is 0 Å². The van der Waals surface area contributed by atoms with Gasteiger partial charge in [0.2, 0.25) is 0 Å². The number of aliphatic hydroxyl groups excluding tert-OH is 1. The van der Waals surface area contributed by atoms with Crippen LogP contribution in [0.5, 0.6) is 5.75 Å². The van der Waals surface area contributed by atoms with Gasteiger partial charge in [-0.2, -0.15) is 0 Å². The zero-order valence-electron chi connectivity index (χ0n) is 15.5. The second-order valence-electron chi connectivity index (χ2n) is 5.65. The van der Waals surface area contributed by atoms with Crippen molar-refractivity contribution in [2.75, 3.05) is 38.4 Å². The summed E-state index contributed by atoms with van der Waals surface area (Å²) in [5.74, 6) is -2.39. The minimum absolute atomic E-state index is 0.0222. The number of hydrogen-bond acceptors (Lipinski definition) is 9. The van der Waals surface area contributed by atoms with Gasteiger partial charge < -0.3 is 19.9 Å². The first-order valence-corrected chi connectivity index (χ1v) is 9.83. The highest BCUT2D eigenvalue weighted by atomic mass is 32.2. The van der Waals surface area contributed by atoms with E-state index < -0.39 is 34.2 Å². The van der Waals surface area contributed by atoms with Gasteiger partial charge in [-0.3, -0.25) is 14.5 Å². The number of nitrogens with one attached hydrogen (secondary N) is 1. The number of carbonyl (C=O) groups is 3. The van der Waals surface area contributed by atoms with Gasteiger partial charge in [0.25, 0.3) is 11.8 Å². The van der Waals surface area contributed by atoms with Crippen molar-refractivity contribution in [1.82, 2.24) is 4.90 Å². The summed E-state index contributed by atoms with van der Waals surface area (Å²) in [6.07, 6.45) is 1.00. The summed E-state index contributed by atoms with van der Waals surface area (Å²) in [7, 11) is -1.39. The maximum Gasteiger partial charge on any atom is 0.341 e. The molecule has 28 heavy (non-hydrogen) atoms. The molecule has 0 saturated carbocycles. The topological polar surface area (TPSA) is 139 Å². The highest BCUT2D eigenvalue weighted by Gasteiger charge is 2.32. The lowest BCUT2D eigenvalue weighted by molar-refractivity contribution is -0.137. The van der Waals surface area contributed by atoms with Gasteiger partial charge >= 0.3 is 5.97 Å². The molecule has 0 fully saturated rings. The molecule has 1 aliphatic heterocycles. The molecule has 11 heteroatoms. The summed E-state index contributed by atoms with van der Waals surface area (Å²) in [4.78, 5) is 36.7. The minimum Gasteiger partial charge on any atom is -0.496 e. The highest BCUT2D eigenvalue weighted by molar-refractivity contribution is 7.91. The fourth-order valence-electron chi connectivity index (χ4n) is 2.56. The van der Waals surface area contributed by atoms with Crippen molar-refractivity contribution >= 4 is 33.3 Å². The molecule has 1 heterocycles. The first-order chi connectivity index (χ1) is 13.2. The van der Waals surface area contributed by atoms with Crippen molar-refractivity contribution in [3.8, 4) is 5.75 Å². The number of aliphatic hydroxyl groups is 1. The minimum atomic E-state index is -3.82. The molecule has 0 atom stereocenters. The molecule has 0 radical (unpaired) electrons. The molecule has 1 aromatic rings. The maximum absolute atomic E-state index is 12.5. The molecule has 1 aromatic carbocycles. The molecule has 152 valence electrons. The summed E-state index contributed by atoms with van der Waals surface area (Å²) >= 11 is 0. The summed E-state index contributed by atoms with van der Waals surface area (Å²) in [5.41, 5.74) is -0.309. The molecule has 1 aliphatic rings. The Balaban J connectivity index is 2.57. The van der Waals surface area contributed by atoms with Gasteiger partial charge in [0.05, 0.1) is 43.7 Å². The largest absolute Gasteiger partial charge is 0.496 e. The standard InChI is InChI=1S/C17H20N2O8S/c1-4-28(24,25)14-7-10(17(23)27-3)13(26-2)8-11(14)18-12-9-15(21)19(5-6-20)16(12)22/h7-9,18,20H,4-6H2,1-3H3. The van der Waals surface area contributed by atoms with E-state index in [0.717, 1.165) is 24.2 Å². The third-order valence-electron chi connectivity index (χ3n) is 4.02. The Morgan fingerprint density at radius 1 is 1.25 bits per heavy atom. The molecule has 0 spiro atoms. The molecule has 0 unspecified atom stereocenters. The lowest BCUT2D eigenvalue weighted by Crippen LogP contribution is -2.34. The third kappa shape index (κ3) is 3.99. The fourth-order valence-corrected chi connectivity index (χ4v) is 3.62. The Morgan fingerprint density at radius 3 is 2.46 bits per heavy atom. The Bertz CT molecular complexity index is 952. The first kappa shape index (κ1) is 21.4. The molecule has 0 saturated heterocycles. The van der Waals surface area contributed by atoms with Crippen molar-refractivity contribution in [3.63, 3.8) is 0 Å². The van der Waals surface area contributed by atoms with E-state index in [1.165, 1.54) is 20.1 Å². The number of sulfone groups is 1. The third-order valence-corrected chi connectivity index (χ3v) is 5.79. The molecule has 10 nitrogen and oxygen atoms in total. The molecular weight excluding hydrogens is 392 g/mol. The van der Waals surface area contributed by atoms with Crippen molar-refractivity contribution < 1.29 is 37.4 Å². The Labute approximate surface area is 161 Å². The number of benzene rings is 1. The van der Waals surface area contributed by atoms with Gasteiger partial charge in [0, 0.05) is 12.1 Å². The molecule has 0 bridgehead atoms. The average Bonchev–Trinajstić information content (AvgIpc) is 2.94. The number of imide groups is 1. The molecule has 0 aromatic heterocycles. The van der Waals surface area contributed by atoms with Crippen molar-refractivity contribution in [2.45, 2.75) is 11.8 Å². The van der Waals surface area contributed by atoms with Crippen LogP contribution in [0.25, 0.3) is 0 Å². The number of rotatable bonds is 8. The summed E-state index contributed by atoms with van der Waals surface area (Å²) < 4.78 is 34.8. The zero-order chi connectivity index (χ0) is 21.1. The average molecular weight is 412 g/mol. The second-order valence-corrected chi connectivity index (χ2v) is 7.89. The number of amides is 2. The lowest BCUT2D eigenvalue weighted by Gasteiger charge is -2.17. The van der Waals surface area contributed by atoms with Crippen molar-refractivity contribution in [2.24, 2.45) is 0 Å². The van der Waals surface area contributed by atoms with Crippen LogP contribution in [0.3, 0.4) is 0 Å². The van der Waals surface area contributed by atoms with Gasteiger partial charge in [0.15, 0.2) is 9.84 Å². The van der Waals surface area contributed by atoms with Crippen LogP contribution in [0.1, 0.15) is 17.3 Å². The van der Waals surface area contributed by atoms with E-state index in [4.69, 9.17) is 9.84 Å². The summed E-state index contributed by atoms with van der Waals surface area (Å²) in [5, 5.41) is 11.6. The Hall–Kier alpha value is -2.92. The smallest absolute Gasteiger partial charge is 0.341 e. The molecule has 0 aliphatic carbocycles. The van der Waals surface area contributed by atoms with Gasteiger partial charge in [-0.1, -0.05) is 6.92 Å². The fraction of sp³-hybridized carbons (Fsp3) is 0.353. The monoisotopic (exact) mass is 412 g/mol. The number of esters is 1. The maximum atomic E-state index is 12.5. The van der Waals surface area contributed by atoms with Crippen LogP contribution < -0.4 is 10.1 Å². The number of nitrogens with zero attached hydrogens (tertiary/aromatic N) is 1. The number of ether oxygens (including phenoxy) is 2. The van der Waals surface area contributed by atoms with Crippen LogP contribution >= 0.6 is 0 Å². The van der Waals surface area contributed by atoms with E-state index in [1.54, 1.807) is 0 Å². The van der Waals surface area contributed by atoms with E-state index in [1.807, 2.05) is 0 Å². The predicted octanol–water partition coefficient (Wildman–Crippen LogP) is -0.0677. The van der Waals surface area contributed by atoms with Crippen LogP contribution in [0.15, 0.2) is 28.8 Å². The number of β-amino-alcohol motifs (C(OH)–C–C–N with tert-alkyl or cyclic N) is 1. The van der Waals surface area contributed by atoms with Crippen LogP contribution in [-0.2, 0) is 24.2 Å². The molecule has 2 N–H and O–H groups in total. The summed E-state index contributed by atoms with van der Waals surface area (Å²) in [6, 6.07) is 2.33. The van der Waals surface area contributed by atoms with E-state index in [2.05, 4.69) is 10.1 Å². The van der Waals surface area contributed by atoms with E-state index in [9.17, 15) is 22.8 Å². The van der Waals surface area contributed by atoms with E-state index in [-0.39, 0.29) is 39.9 Å². The van der Waals surface area contributed by atoms with Crippen LogP contribution in [0.4, 0.5) is 5.69 Å². The lowest BCUT2D eigenvalue weighted by atomic mass is 10.1. The zero-order valence-corrected chi connectivity index (χ0v) is 16.3. The van der Waals surface area contributed by atoms with Gasteiger partial charge in [0.1, 0.15) is 17.0 Å². The number of anilines is 1. The number of methoxy groups -OCH3 is 2. The van der Waals surface area contributed by atoms with Crippen LogP contribution in [-0.4, -0.2) is 69.3 Å². The highest BCUT2D eigenvalue weighted by Crippen LogP contribution is 2.33. The van der Waals surface area contributed by atoms with E-state index in [0.29, 0.717) is 0 Å². The second kappa shape index (κ2) is 8.40. The SMILES string of the molecule is CCS(=O)(=O)c1cc(C(=O)OC)c(OC)cc1NC1=CC(=O)N(CCO)C1=O.